The van der Waals surface area contributed by atoms with Gasteiger partial charge >= 0.3 is 0 Å². The van der Waals surface area contributed by atoms with E-state index in [9.17, 15) is 0 Å². The Kier molecular flexibility index (Phi) is 5.93. The van der Waals surface area contributed by atoms with E-state index in [1.165, 1.54) is 54.4 Å². The number of pyridine rings is 1. The molecule has 1 aromatic carbocycles. The van der Waals surface area contributed by atoms with Crippen molar-refractivity contribution in [3.8, 4) is 17.0 Å². The van der Waals surface area contributed by atoms with Crippen molar-refractivity contribution >= 4 is 10.9 Å². The summed E-state index contributed by atoms with van der Waals surface area (Å²) < 4.78 is 7.54. The predicted molar refractivity (Wildman–Crippen MR) is 115 cm³/mol. The number of ether oxygens (including phenoxy) is 1. The van der Waals surface area contributed by atoms with Crippen LogP contribution in [0.3, 0.4) is 0 Å². The number of fused-ring (bicyclic) bond motifs is 1. The maximum absolute atomic E-state index is 5.76. The Morgan fingerprint density at radius 2 is 1.96 bits per heavy atom. The van der Waals surface area contributed by atoms with Gasteiger partial charge in [-0.05, 0) is 62.7 Å². The van der Waals surface area contributed by atoms with E-state index < -0.39 is 0 Å². The van der Waals surface area contributed by atoms with Gasteiger partial charge in [0.15, 0.2) is 0 Å². The maximum atomic E-state index is 5.76. The van der Waals surface area contributed by atoms with Crippen LogP contribution in [-0.2, 0) is 13.1 Å². The smallest absolute Gasteiger partial charge is 0.212 e. The maximum Gasteiger partial charge on any atom is 0.212 e. The lowest BCUT2D eigenvalue weighted by molar-refractivity contribution is 0.221. The number of aryl methyl sites for hydroxylation is 1. The van der Waals surface area contributed by atoms with Crippen molar-refractivity contribution in [2.45, 2.75) is 38.8 Å². The molecule has 4 rings (SSSR count). The first kappa shape index (κ1) is 19.0. The van der Waals surface area contributed by atoms with Crippen LogP contribution < -0.4 is 10.5 Å². The fourth-order valence-electron chi connectivity index (χ4n) is 4.16. The topological polar surface area (TPSA) is 56.3 Å². The Balaban J connectivity index is 1.71. The van der Waals surface area contributed by atoms with Gasteiger partial charge in [0.05, 0.1) is 7.11 Å². The van der Waals surface area contributed by atoms with Gasteiger partial charge < -0.3 is 15.0 Å². The minimum Gasteiger partial charge on any atom is -0.481 e. The molecular weight excluding hydrogens is 348 g/mol. The summed E-state index contributed by atoms with van der Waals surface area (Å²) in [5, 5.41) is 1.29. The number of methoxy groups -OCH3 is 1. The number of rotatable bonds is 7. The summed E-state index contributed by atoms with van der Waals surface area (Å²) in [6, 6.07) is 10.9. The highest BCUT2D eigenvalue weighted by Gasteiger charge is 2.14. The summed E-state index contributed by atoms with van der Waals surface area (Å²) >= 11 is 0. The van der Waals surface area contributed by atoms with Crippen LogP contribution in [0.2, 0.25) is 0 Å². The Morgan fingerprint density at radius 3 is 2.68 bits per heavy atom. The molecule has 0 bridgehead atoms. The van der Waals surface area contributed by atoms with Gasteiger partial charge in [-0.15, -0.1) is 0 Å². The van der Waals surface area contributed by atoms with Crippen molar-refractivity contribution in [2.75, 3.05) is 26.7 Å². The zero-order valence-electron chi connectivity index (χ0n) is 16.7. The van der Waals surface area contributed by atoms with E-state index in [4.69, 9.17) is 10.5 Å². The van der Waals surface area contributed by atoms with E-state index in [2.05, 4.69) is 44.9 Å². The largest absolute Gasteiger partial charge is 0.481 e. The Hall–Kier alpha value is -2.37. The number of hydrogen-bond donors (Lipinski definition) is 1. The Morgan fingerprint density at radius 1 is 1.11 bits per heavy atom. The normalized spacial score (nSPS) is 15.2. The zero-order valence-corrected chi connectivity index (χ0v) is 16.7. The summed E-state index contributed by atoms with van der Waals surface area (Å²) in [6.45, 7) is 5.09. The predicted octanol–water partition coefficient (Wildman–Crippen LogP) is 4.05. The van der Waals surface area contributed by atoms with E-state index in [0.717, 1.165) is 25.1 Å². The minimum absolute atomic E-state index is 0.640. The van der Waals surface area contributed by atoms with Crippen molar-refractivity contribution in [1.82, 2.24) is 14.5 Å². The molecule has 0 atom stereocenters. The van der Waals surface area contributed by atoms with Crippen LogP contribution in [0.4, 0.5) is 0 Å². The summed E-state index contributed by atoms with van der Waals surface area (Å²) in [6.07, 6.45) is 9.13. The minimum atomic E-state index is 0.640. The van der Waals surface area contributed by atoms with Gasteiger partial charge in [-0.1, -0.05) is 12.5 Å². The molecule has 0 saturated carbocycles. The number of nitrogens with zero attached hydrogens (tertiary/aromatic N) is 3. The van der Waals surface area contributed by atoms with E-state index in [-0.39, 0.29) is 0 Å². The Bertz CT molecular complexity index is 910. The van der Waals surface area contributed by atoms with Gasteiger partial charge in [-0.25, -0.2) is 4.98 Å². The molecule has 0 spiro atoms. The van der Waals surface area contributed by atoms with E-state index >= 15 is 0 Å². The average molecular weight is 379 g/mol. The molecule has 2 aromatic heterocycles. The highest BCUT2D eigenvalue weighted by Crippen LogP contribution is 2.32. The summed E-state index contributed by atoms with van der Waals surface area (Å²) in [5.74, 6) is 0.640. The van der Waals surface area contributed by atoms with Gasteiger partial charge in [0.1, 0.15) is 0 Å². The van der Waals surface area contributed by atoms with E-state index in [1.54, 1.807) is 7.11 Å². The quantitative estimate of drug-likeness (QED) is 0.674. The second kappa shape index (κ2) is 8.76. The highest BCUT2D eigenvalue weighted by molar-refractivity contribution is 5.96. The lowest BCUT2D eigenvalue weighted by Crippen LogP contribution is -2.29. The summed E-state index contributed by atoms with van der Waals surface area (Å²) in [7, 11) is 1.65. The third-order valence-corrected chi connectivity index (χ3v) is 5.66. The van der Waals surface area contributed by atoms with Crippen molar-refractivity contribution in [1.29, 1.82) is 0 Å². The molecule has 1 fully saturated rings. The third kappa shape index (κ3) is 4.05. The molecule has 1 aliphatic heterocycles. The van der Waals surface area contributed by atoms with Gasteiger partial charge in [0.2, 0.25) is 5.88 Å². The van der Waals surface area contributed by atoms with Crippen LogP contribution in [0.5, 0.6) is 5.88 Å². The van der Waals surface area contributed by atoms with Crippen LogP contribution >= 0.6 is 0 Å². The number of benzene rings is 1. The SMILES string of the molecule is COc1ccc(-c2cn(CCCN)c3ccc(CN4CCCCC4)cc23)cn1. The van der Waals surface area contributed by atoms with Crippen LogP contribution in [0, 0.1) is 0 Å². The second-order valence-corrected chi connectivity index (χ2v) is 7.66. The summed E-state index contributed by atoms with van der Waals surface area (Å²) in [4.78, 5) is 6.98. The number of aromatic nitrogens is 2. The highest BCUT2D eigenvalue weighted by atomic mass is 16.5. The van der Waals surface area contributed by atoms with Crippen LogP contribution in [-0.4, -0.2) is 41.2 Å². The zero-order chi connectivity index (χ0) is 19.3. The first-order chi connectivity index (χ1) is 13.8. The average Bonchev–Trinajstić information content (AvgIpc) is 3.11. The van der Waals surface area contributed by atoms with Crippen LogP contribution in [0.25, 0.3) is 22.0 Å². The monoisotopic (exact) mass is 378 g/mol. The molecule has 1 saturated heterocycles. The number of hydrogen-bond acceptors (Lipinski definition) is 4. The molecule has 5 heteroatoms. The summed E-state index contributed by atoms with van der Waals surface area (Å²) in [5.41, 5.74) is 10.7. The molecule has 0 aliphatic carbocycles. The van der Waals surface area contributed by atoms with Gasteiger partial charge in [-0.2, -0.15) is 0 Å². The lowest BCUT2D eigenvalue weighted by atomic mass is 10.0. The molecule has 2 N–H and O–H groups in total. The molecule has 28 heavy (non-hydrogen) atoms. The lowest BCUT2D eigenvalue weighted by Gasteiger charge is -2.26. The second-order valence-electron chi connectivity index (χ2n) is 7.66. The molecule has 1 aliphatic rings. The number of piperidine rings is 1. The van der Waals surface area contributed by atoms with Crippen molar-refractivity contribution in [3.05, 3.63) is 48.3 Å². The Labute approximate surface area is 167 Å². The van der Waals surface area contributed by atoms with Crippen molar-refractivity contribution < 1.29 is 4.74 Å². The molecule has 5 nitrogen and oxygen atoms in total. The van der Waals surface area contributed by atoms with Gasteiger partial charge in [0, 0.05) is 53.6 Å². The first-order valence-corrected chi connectivity index (χ1v) is 10.3. The fourth-order valence-corrected chi connectivity index (χ4v) is 4.16. The molecule has 0 unspecified atom stereocenters. The molecule has 3 heterocycles. The van der Waals surface area contributed by atoms with Crippen LogP contribution in [0.1, 0.15) is 31.2 Å². The first-order valence-electron chi connectivity index (χ1n) is 10.3. The molecule has 3 aromatic rings. The number of likely N-dealkylation sites (tertiary alicyclic amines) is 1. The standard InChI is InChI=1S/C23H30N4O/c1-28-23-9-7-19(15-25-23)21-17-27(13-5-10-24)22-8-6-18(14-20(21)22)16-26-11-3-2-4-12-26/h6-9,14-15,17H,2-5,10-13,16,24H2,1H3. The third-order valence-electron chi connectivity index (χ3n) is 5.66. The molecule has 0 amide bonds. The number of nitrogens with two attached hydrogens (primary N) is 1. The van der Waals surface area contributed by atoms with Gasteiger partial charge in [0.25, 0.3) is 0 Å². The van der Waals surface area contributed by atoms with E-state index in [0.29, 0.717) is 12.4 Å². The van der Waals surface area contributed by atoms with Gasteiger partial charge in [-0.3, -0.25) is 4.90 Å². The van der Waals surface area contributed by atoms with E-state index in [1.807, 2.05) is 12.3 Å². The molecule has 0 radical (unpaired) electrons. The van der Waals surface area contributed by atoms with Crippen molar-refractivity contribution in [2.24, 2.45) is 5.73 Å². The molecule has 148 valence electrons. The molecular formula is C23H30N4O. The fraction of sp³-hybridized carbons (Fsp3) is 0.435. The van der Waals surface area contributed by atoms with Crippen LogP contribution in [0.15, 0.2) is 42.7 Å². The van der Waals surface area contributed by atoms with Crippen molar-refractivity contribution in [3.63, 3.8) is 0 Å².